The largest absolute Gasteiger partial charge is 0.389 e. The van der Waals surface area contributed by atoms with Gasteiger partial charge in [0.15, 0.2) is 9.84 Å². The predicted molar refractivity (Wildman–Crippen MR) is 128 cm³/mol. The summed E-state index contributed by atoms with van der Waals surface area (Å²) in [6, 6.07) is 13.9. The summed E-state index contributed by atoms with van der Waals surface area (Å²) in [7, 11) is -3.51. The zero-order chi connectivity index (χ0) is 24.5. The Bertz CT molecular complexity index is 1280. The Hall–Kier alpha value is -3.30. The van der Waals surface area contributed by atoms with E-state index in [4.69, 9.17) is 0 Å². The molecule has 1 fully saturated rings. The van der Waals surface area contributed by atoms with Crippen LogP contribution in [-0.2, 0) is 9.84 Å². The van der Waals surface area contributed by atoms with Gasteiger partial charge in [-0.3, -0.25) is 4.79 Å². The Kier molecular flexibility index (Phi) is 6.67. The number of nitrogens with zero attached hydrogens (tertiary/aromatic N) is 3. The predicted octanol–water partition coefficient (Wildman–Crippen LogP) is 3.31. The first-order chi connectivity index (χ1) is 16.1. The smallest absolute Gasteiger partial charge is 0.254 e. The summed E-state index contributed by atoms with van der Waals surface area (Å²) in [5.41, 5.74) is 2.18. The van der Waals surface area contributed by atoms with Crippen molar-refractivity contribution in [1.29, 1.82) is 0 Å². The Morgan fingerprint density at radius 3 is 2.26 bits per heavy atom. The van der Waals surface area contributed by atoms with E-state index in [0.29, 0.717) is 37.3 Å². The van der Waals surface area contributed by atoms with Crippen LogP contribution in [0.15, 0.2) is 65.7 Å². The first kappa shape index (κ1) is 23.8. The number of piperazine rings is 1. The molecule has 1 aliphatic rings. The van der Waals surface area contributed by atoms with Gasteiger partial charge in [-0.15, -0.1) is 0 Å². The summed E-state index contributed by atoms with van der Waals surface area (Å²) in [4.78, 5) is 21.7. The lowest BCUT2D eigenvalue weighted by Crippen LogP contribution is -2.49. The van der Waals surface area contributed by atoms with Crippen LogP contribution in [0.5, 0.6) is 0 Å². The lowest BCUT2D eigenvalue weighted by atomic mass is 9.98. The number of halogens is 1. The van der Waals surface area contributed by atoms with Crippen molar-refractivity contribution < 1.29 is 22.7 Å². The van der Waals surface area contributed by atoms with E-state index in [2.05, 4.69) is 9.88 Å². The molecule has 1 saturated heterocycles. The summed E-state index contributed by atoms with van der Waals surface area (Å²) < 4.78 is 37.7. The van der Waals surface area contributed by atoms with Crippen LogP contribution in [-0.4, -0.2) is 61.8 Å². The number of carbonyl (C=O) groups excluding carboxylic acids is 1. The topological polar surface area (TPSA) is 90.8 Å². The number of aliphatic hydroxyl groups excluding tert-OH is 1. The van der Waals surface area contributed by atoms with Crippen molar-refractivity contribution in [3.63, 3.8) is 0 Å². The SMILES string of the molecule is CC(O)c1ccc(N2CCN(C(=O)c3cc(S(C)(=O)=O)ccc3-c3ccc(F)cc3)CC2)nc1. The number of aromatic nitrogens is 1. The minimum atomic E-state index is -3.51. The Labute approximate surface area is 198 Å². The van der Waals surface area contributed by atoms with Crippen molar-refractivity contribution in [3.05, 3.63) is 77.7 Å². The lowest BCUT2D eigenvalue weighted by molar-refractivity contribution is 0.0747. The third-order valence-electron chi connectivity index (χ3n) is 5.95. The van der Waals surface area contributed by atoms with Crippen molar-refractivity contribution >= 4 is 21.6 Å². The monoisotopic (exact) mass is 483 g/mol. The van der Waals surface area contributed by atoms with E-state index in [-0.39, 0.29) is 16.4 Å². The number of hydrogen-bond donors (Lipinski definition) is 1. The van der Waals surface area contributed by atoms with Crippen LogP contribution in [0.2, 0.25) is 0 Å². The number of benzene rings is 2. The van der Waals surface area contributed by atoms with Gasteiger partial charge < -0.3 is 14.9 Å². The molecular weight excluding hydrogens is 457 g/mol. The number of rotatable bonds is 5. The average Bonchev–Trinajstić information content (AvgIpc) is 2.83. The molecule has 34 heavy (non-hydrogen) atoms. The van der Waals surface area contributed by atoms with E-state index in [1.54, 1.807) is 36.2 Å². The van der Waals surface area contributed by atoms with Crippen LogP contribution in [0.4, 0.5) is 10.2 Å². The molecule has 0 saturated carbocycles. The first-order valence-corrected chi connectivity index (χ1v) is 12.8. The summed E-state index contributed by atoms with van der Waals surface area (Å²) in [5.74, 6) is 0.0973. The molecule has 2 heterocycles. The van der Waals surface area contributed by atoms with Crippen LogP contribution in [0.25, 0.3) is 11.1 Å². The molecular formula is C25H26FN3O4S. The van der Waals surface area contributed by atoms with Gasteiger partial charge in [0, 0.05) is 44.2 Å². The highest BCUT2D eigenvalue weighted by Crippen LogP contribution is 2.28. The summed E-state index contributed by atoms with van der Waals surface area (Å²) in [6.45, 7) is 3.67. The minimum Gasteiger partial charge on any atom is -0.389 e. The molecule has 1 aromatic heterocycles. The van der Waals surface area contributed by atoms with Crippen LogP contribution < -0.4 is 4.90 Å². The fourth-order valence-corrected chi connectivity index (χ4v) is 4.60. The zero-order valence-corrected chi connectivity index (χ0v) is 19.8. The molecule has 1 aliphatic heterocycles. The van der Waals surface area contributed by atoms with Gasteiger partial charge in [0.1, 0.15) is 11.6 Å². The van der Waals surface area contributed by atoms with Crippen molar-refractivity contribution in [1.82, 2.24) is 9.88 Å². The lowest BCUT2D eigenvalue weighted by Gasteiger charge is -2.36. The number of hydrogen-bond acceptors (Lipinski definition) is 6. The number of sulfone groups is 1. The molecule has 7 nitrogen and oxygen atoms in total. The van der Waals surface area contributed by atoms with Gasteiger partial charge in [0.05, 0.1) is 11.0 Å². The number of amides is 1. The molecule has 1 amide bonds. The van der Waals surface area contributed by atoms with Crippen LogP contribution in [0.1, 0.15) is 28.9 Å². The molecule has 0 spiro atoms. The maximum Gasteiger partial charge on any atom is 0.254 e. The van der Waals surface area contributed by atoms with Crippen LogP contribution in [0.3, 0.4) is 0 Å². The van der Waals surface area contributed by atoms with Crippen molar-refractivity contribution in [2.24, 2.45) is 0 Å². The van der Waals surface area contributed by atoms with Gasteiger partial charge in [0.25, 0.3) is 5.91 Å². The second kappa shape index (κ2) is 9.52. The highest BCUT2D eigenvalue weighted by Gasteiger charge is 2.26. The molecule has 0 bridgehead atoms. The van der Waals surface area contributed by atoms with E-state index in [1.165, 1.54) is 24.3 Å². The van der Waals surface area contributed by atoms with Crippen LogP contribution >= 0.6 is 0 Å². The Morgan fingerprint density at radius 2 is 1.71 bits per heavy atom. The summed E-state index contributed by atoms with van der Waals surface area (Å²) >= 11 is 0. The number of anilines is 1. The van der Waals surface area contributed by atoms with E-state index < -0.39 is 21.8 Å². The quantitative estimate of drug-likeness (QED) is 0.599. The van der Waals surface area contributed by atoms with Gasteiger partial charge in [-0.25, -0.2) is 17.8 Å². The van der Waals surface area contributed by atoms with E-state index in [9.17, 15) is 22.7 Å². The molecule has 0 aliphatic carbocycles. The first-order valence-electron chi connectivity index (χ1n) is 10.9. The normalized spacial score (nSPS) is 15.3. The third kappa shape index (κ3) is 5.10. The molecule has 3 aromatic rings. The van der Waals surface area contributed by atoms with E-state index >= 15 is 0 Å². The molecule has 9 heteroatoms. The molecule has 178 valence electrons. The molecule has 2 aromatic carbocycles. The standard InChI is InChI=1S/C25H26FN3O4S/c1-17(30)19-5-10-24(27-16-19)28-11-13-29(14-12-28)25(31)23-15-21(34(2,32)33)8-9-22(23)18-3-6-20(26)7-4-18/h3-10,15-17,30H,11-14H2,1-2H3. The number of pyridine rings is 1. The van der Waals surface area contributed by atoms with E-state index in [1.807, 2.05) is 12.1 Å². The highest BCUT2D eigenvalue weighted by molar-refractivity contribution is 7.90. The molecule has 1 N–H and O–H groups in total. The summed E-state index contributed by atoms with van der Waals surface area (Å²) in [5, 5.41) is 9.66. The molecule has 4 rings (SSSR count). The number of carbonyl (C=O) groups is 1. The minimum absolute atomic E-state index is 0.0581. The fourth-order valence-electron chi connectivity index (χ4n) is 3.95. The van der Waals surface area contributed by atoms with Crippen LogP contribution in [0, 0.1) is 5.82 Å². The second-order valence-electron chi connectivity index (χ2n) is 8.39. The zero-order valence-electron chi connectivity index (χ0n) is 19.0. The molecule has 1 atom stereocenters. The molecule has 1 unspecified atom stereocenters. The number of aliphatic hydroxyl groups is 1. The van der Waals surface area contributed by atoms with Crippen molar-refractivity contribution in [2.45, 2.75) is 17.9 Å². The summed E-state index contributed by atoms with van der Waals surface area (Å²) in [6.07, 6.45) is 2.15. The van der Waals surface area contributed by atoms with Crippen molar-refractivity contribution in [3.8, 4) is 11.1 Å². The van der Waals surface area contributed by atoms with Gasteiger partial charge in [-0.2, -0.15) is 0 Å². The maximum atomic E-state index is 13.5. The highest BCUT2D eigenvalue weighted by atomic mass is 32.2. The average molecular weight is 484 g/mol. The van der Waals surface area contributed by atoms with Gasteiger partial charge in [0.2, 0.25) is 0 Å². The van der Waals surface area contributed by atoms with Gasteiger partial charge in [-0.05, 0) is 53.9 Å². The van der Waals surface area contributed by atoms with Gasteiger partial charge >= 0.3 is 0 Å². The van der Waals surface area contributed by atoms with E-state index in [0.717, 1.165) is 17.6 Å². The Balaban J connectivity index is 1.58. The fraction of sp³-hybridized carbons (Fsp3) is 0.280. The molecule has 0 radical (unpaired) electrons. The van der Waals surface area contributed by atoms with Gasteiger partial charge in [-0.1, -0.05) is 24.3 Å². The maximum absolute atomic E-state index is 13.5. The Morgan fingerprint density at radius 1 is 1.03 bits per heavy atom. The third-order valence-corrected chi connectivity index (χ3v) is 7.06. The second-order valence-corrected chi connectivity index (χ2v) is 10.4. The van der Waals surface area contributed by atoms with Crippen molar-refractivity contribution in [2.75, 3.05) is 37.3 Å².